The van der Waals surface area contributed by atoms with Gasteiger partial charge in [-0.25, -0.2) is 9.97 Å². The van der Waals surface area contributed by atoms with E-state index in [-0.39, 0.29) is 5.28 Å². The monoisotopic (exact) mass is 307 g/mol. The molecule has 0 spiro atoms. The van der Waals surface area contributed by atoms with Crippen molar-refractivity contribution in [1.82, 2.24) is 19.7 Å². The normalized spacial score (nSPS) is 11.2. The molecule has 0 amide bonds. The van der Waals surface area contributed by atoms with Gasteiger partial charge in [-0.2, -0.15) is 5.10 Å². The van der Waals surface area contributed by atoms with E-state index in [2.05, 4.69) is 33.4 Å². The van der Waals surface area contributed by atoms with Crippen LogP contribution in [0.25, 0.3) is 10.2 Å². The van der Waals surface area contributed by atoms with Gasteiger partial charge in [0.1, 0.15) is 10.6 Å². The van der Waals surface area contributed by atoms with Gasteiger partial charge >= 0.3 is 0 Å². The molecule has 0 fully saturated rings. The number of hydrogen-bond donors (Lipinski definition) is 1. The average Bonchev–Trinajstić information content (AvgIpc) is 2.95. The summed E-state index contributed by atoms with van der Waals surface area (Å²) < 4.78 is 1.87. The number of fused-ring (bicyclic) bond motifs is 1. The van der Waals surface area contributed by atoms with E-state index in [1.807, 2.05) is 17.8 Å². The van der Waals surface area contributed by atoms with Crippen LogP contribution in [0.2, 0.25) is 5.28 Å². The Morgan fingerprint density at radius 2 is 2.25 bits per heavy atom. The number of aromatic nitrogens is 4. The van der Waals surface area contributed by atoms with Crippen LogP contribution >= 0.6 is 22.9 Å². The highest BCUT2D eigenvalue weighted by molar-refractivity contribution is 7.18. The van der Waals surface area contributed by atoms with Crippen LogP contribution in [-0.4, -0.2) is 26.3 Å². The van der Waals surface area contributed by atoms with Crippen molar-refractivity contribution >= 4 is 39.0 Å². The van der Waals surface area contributed by atoms with E-state index >= 15 is 0 Å². The minimum atomic E-state index is 0.280. The number of hydrogen-bond acceptors (Lipinski definition) is 5. The molecule has 3 aromatic rings. The Morgan fingerprint density at radius 1 is 1.40 bits per heavy atom. The number of nitrogens with zero attached hydrogens (tertiary/aromatic N) is 4. The van der Waals surface area contributed by atoms with E-state index in [1.54, 1.807) is 17.5 Å². The maximum atomic E-state index is 5.97. The quantitative estimate of drug-likeness (QED) is 0.753. The molecular weight excluding hydrogens is 294 g/mol. The second kappa shape index (κ2) is 5.38. The van der Waals surface area contributed by atoms with Gasteiger partial charge in [0.2, 0.25) is 5.28 Å². The van der Waals surface area contributed by atoms with E-state index in [9.17, 15) is 0 Å². The summed E-state index contributed by atoms with van der Waals surface area (Å²) in [5, 5.41) is 8.80. The van der Waals surface area contributed by atoms with Crippen LogP contribution in [0.15, 0.2) is 18.3 Å². The maximum absolute atomic E-state index is 5.97. The third-order valence-corrected chi connectivity index (χ3v) is 4.20. The zero-order valence-electron chi connectivity index (χ0n) is 11.2. The number of halogens is 1. The largest absolute Gasteiger partial charge is 0.369 e. The number of nitrogens with one attached hydrogen (secondary N) is 1. The third kappa shape index (κ3) is 2.62. The summed E-state index contributed by atoms with van der Waals surface area (Å²) in [4.78, 5) is 10.7. The molecule has 0 aliphatic rings. The predicted molar refractivity (Wildman–Crippen MR) is 82.6 cm³/mol. The Morgan fingerprint density at radius 3 is 3.00 bits per heavy atom. The minimum absolute atomic E-state index is 0.280. The van der Waals surface area contributed by atoms with Gasteiger partial charge in [0.05, 0.1) is 5.39 Å². The van der Waals surface area contributed by atoms with Crippen LogP contribution in [0.3, 0.4) is 0 Å². The lowest BCUT2D eigenvalue weighted by Crippen LogP contribution is -2.09. The van der Waals surface area contributed by atoms with Crippen LogP contribution in [-0.2, 0) is 13.5 Å². The second-order valence-corrected chi connectivity index (χ2v) is 6.11. The summed E-state index contributed by atoms with van der Waals surface area (Å²) in [6.45, 7) is 2.83. The van der Waals surface area contributed by atoms with Crippen molar-refractivity contribution in [2.75, 3.05) is 11.9 Å². The topological polar surface area (TPSA) is 55.6 Å². The average molecular weight is 308 g/mol. The highest BCUT2D eigenvalue weighted by Gasteiger charge is 2.09. The Kier molecular flexibility index (Phi) is 3.58. The summed E-state index contributed by atoms with van der Waals surface area (Å²) in [7, 11) is 1.94. The Labute approximate surface area is 125 Å². The van der Waals surface area contributed by atoms with E-state index in [4.69, 9.17) is 11.6 Å². The highest BCUT2D eigenvalue weighted by Crippen LogP contribution is 2.29. The lowest BCUT2D eigenvalue weighted by molar-refractivity contribution is 0.711. The molecule has 0 bridgehead atoms. The van der Waals surface area contributed by atoms with Crippen molar-refractivity contribution in [3.05, 3.63) is 34.2 Å². The zero-order chi connectivity index (χ0) is 14.1. The van der Waals surface area contributed by atoms with Gasteiger partial charge in [-0.3, -0.25) is 4.68 Å². The fourth-order valence-electron chi connectivity index (χ4n) is 2.11. The number of rotatable bonds is 4. The van der Waals surface area contributed by atoms with E-state index in [0.717, 1.165) is 29.0 Å². The molecule has 7 heteroatoms. The summed E-state index contributed by atoms with van der Waals surface area (Å²) in [5.74, 6) is 0.798. The van der Waals surface area contributed by atoms with Crippen molar-refractivity contribution < 1.29 is 0 Å². The molecular formula is C13H14ClN5S. The van der Waals surface area contributed by atoms with Crippen molar-refractivity contribution in [2.45, 2.75) is 13.3 Å². The van der Waals surface area contributed by atoms with Gasteiger partial charge in [-0.15, -0.1) is 11.3 Å². The van der Waals surface area contributed by atoms with Gasteiger partial charge in [0.25, 0.3) is 0 Å². The molecule has 0 atom stereocenters. The molecule has 3 rings (SSSR count). The van der Waals surface area contributed by atoms with E-state index in [1.165, 1.54) is 10.6 Å². The van der Waals surface area contributed by atoms with Crippen molar-refractivity contribution in [1.29, 1.82) is 0 Å². The second-order valence-electron chi connectivity index (χ2n) is 4.54. The molecule has 0 saturated heterocycles. The minimum Gasteiger partial charge on any atom is -0.369 e. The van der Waals surface area contributed by atoms with E-state index in [0.29, 0.717) is 0 Å². The summed E-state index contributed by atoms with van der Waals surface area (Å²) in [6.07, 6.45) is 2.68. The molecule has 0 saturated carbocycles. The third-order valence-electron chi connectivity index (χ3n) is 3.08. The molecule has 20 heavy (non-hydrogen) atoms. The Hall–Kier alpha value is -1.66. The standard InChI is InChI=1S/C13H14ClN5S/c1-8-7-10-11(17-13(14)18-12(10)20-8)15-5-3-9-4-6-16-19(9)2/h4,6-7H,3,5H2,1-2H3,(H,15,17,18). The fraction of sp³-hybridized carbons (Fsp3) is 0.308. The van der Waals surface area contributed by atoms with E-state index < -0.39 is 0 Å². The number of aryl methyl sites for hydroxylation is 2. The van der Waals surface area contributed by atoms with Gasteiger partial charge < -0.3 is 5.32 Å². The molecule has 0 aromatic carbocycles. The van der Waals surface area contributed by atoms with Crippen LogP contribution in [0.5, 0.6) is 0 Å². The molecule has 0 radical (unpaired) electrons. The molecule has 0 aliphatic carbocycles. The number of anilines is 1. The van der Waals surface area contributed by atoms with Gasteiger partial charge in [0.15, 0.2) is 0 Å². The molecule has 0 unspecified atom stereocenters. The van der Waals surface area contributed by atoms with Gasteiger partial charge in [0, 0.05) is 36.8 Å². The molecule has 1 N–H and O–H groups in total. The summed E-state index contributed by atoms with van der Waals surface area (Å²) >= 11 is 7.59. The fourth-order valence-corrected chi connectivity index (χ4v) is 3.20. The lowest BCUT2D eigenvalue weighted by Gasteiger charge is -2.07. The smallest absolute Gasteiger partial charge is 0.225 e. The predicted octanol–water partition coefficient (Wildman–Crippen LogP) is 3.04. The van der Waals surface area contributed by atoms with Crippen molar-refractivity contribution in [3.63, 3.8) is 0 Å². The number of thiophene rings is 1. The Balaban J connectivity index is 1.78. The van der Waals surface area contributed by atoms with Crippen LogP contribution in [0, 0.1) is 6.92 Å². The molecule has 104 valence electrons. The van der Waals surface area contributed by atoms with Crippen molar-refractivity contribution in [2.24, 2.45) is 7.05 Å². The Bertz CT molecular complexity index is 748. The molecule has 0 aliphatic heterocycles. The molecule has 3 heterocycles. The SMILES string of the molecule is Cc1cc2c(NCCc3ccnn3C)nc(Cl)nc2s1. The van der Waals surface area contributed by atoms with Crippen LogP contribution < -0.4 is 5.32 Å². The van der Waals surface area contributed by atoms with Crippen LogP contribution in [0.1, 0.15) is 10.6 Å². The van der Waals surface area contributed by atoms with Gasteiger partial charge in [-0.05, 0) is 30.7 Å². The highest BCUT2D eigenvalue weighted by atomic mass is 35.5. The first-order valence-electron chi connectivity index (χ1n) is 6.28. The molecule has 3 aromatic heterocycles. The summed E-state index contributed by atoms with van der Waals surface area (Å²) in [6, 6.07) is 4.10. The zero-order valence-corrected chi connectivity index (χ0v) is 12.8. The van der Waals surface area contributed by atoms with Crippen molar-refractivity contribution in [3.8, 4) is 0 Å². The first-order valence-corrected chi connectivity index (χ1v) is 7.47. The lowest BCUT2D eigenvalue weighted by atomic mass is 10.3. The first-order chi connectivity index (χ1) is 9.63. The first kappa shape index (κ1) is 13.3. The molecule has 5 nitrogen and oxygen atoms in total. The summed E-state index contributed by atoms with van der Waals surface area (Å²) in [5.41, 5.74) is 1.18. The maximum Gasteiger partial charge on any atom is 0.225 e. The van der Waals surface area contributed by atoms with Gasteiger partial charge in [-0.1, -0.05) is 0 Å². The van der Waals surface area contributed by atoms with Crippen LogP contribution in [0.4, 0.5) is 5.82 Å².